The lowest BCUT2D eigenvalue weighted by atomic mass is 9.91. The molecule has 0 spiro atoms. The summed E-state index contributed by atoms with van der Waals surface area (Å²) in [7, 11) is 0. The monoisotopic (exact) mass is 239 g/mol. The molecular formula is C16H14FN. The Morgan fingerprint density at radius 2 is 1.94 bits per heavy atom. The molecule has 0 aliphatic carbocycles. The van der Waals surface area contributed by atoms with E-state index in [-0.39, 0.29) is 11.7 Å². The molecule has 0 radical (unpaired) electrons. The summed E-state index contributed by atoms with van der Waals surface area (Å²) >= 11 is 0. The number of halogens is 1. The first-order valence-electron chi connectivity index (χ1n) is 5.90. The van der Waals surface area contributed by atoms with E-state index in [0.717, 1.165) is 16.7 Å². The van der Waals surface area contributed by atoms with Crippen molar-refractivity contribution >= 4 is 0 Å². The molecule has 1 nitrogen and oxygen atoms in total. The molecule has 18 heavy (non-hydrogen) atoms. The number of benzene rings is 2. The third-order valence-electron chi connectivity index (χ3n) is 3.09. The first-order chi connectivity index (χ1) is 8.70. The molecule has 0 amide bonds. The summed E-state index contributed by atoms with van der Waals surface area (Å²) < 4.78 is 13.2. The smallest absolute Gasteiger partial charge is 0.123 e. The van der Waals surface area contributed by atoms with Crippen molar-refractivity contribution in [2.45, 2.75) is 19.3 Å². The number of nitrogens with zero attached hydrogens (tertiary/aromatic N) is 1. The first kappa shape index (κ1) is 12.3. The maximum absolute atomic E-state index is 13.2. The van der Waals surface area contributed by atoms with Gasteiger partial charge in [0.25, 0.3) is 0 Å². The third kappa shape index (κ3) is 2.75. The van der Waals surface area contributed by atoms with Crippen molar-refractivity contribution in [1.29, 1.82) is 5.26 Å². The van der Waals surface area contributed by atoms with Crippen LogP contribution in [0.1, 0.15) is 22.6 Å². The molecule has 0 saturated carbocycles. The molecule has 0 heterocycles. The lowest BCUT2D eigenvalue weighted by molar-refractivity contribution is 0.623. The van der Waals surface area contributed by atoms with Crippen LogP contribution in [0.15, 0.2) is 48.5 Å². The van der Waals surface area contributed by atoms with E-state index in [2.05, 4.69) is 6.07 Å². The molecule has 0 aromatic heterocycles. The molecule has 2 rings (SSSR count). The maximum atomic E-state index is 13.2. The van der Waals surface area contributed by atoms with E-state index in [9.17, 15) is 9.65 Å². The minimum absolute atomic E-state index is 0.294. The lowest BCUT2D eigenvalue weighted by Gasteiger charge is -2.11. The highest BCUT2D eigenvalue weighted by atomic mass is 19.1. The molecule has 0 N–H and O–H groups in total. The van der Waals surface area contributed by atoms with Crippen LogP contribution in [0.3, 0.4) is 0 Å². The van der Waals surface area contributed by atoms with Crippen molar-refractivity contribution < 1.29 is 4.39 Å². The average Bonchev–Trinajstić information content (AvgIpc) is 2.38. The summed E-state index contributed by atoms with van der Waals surface area (Å²) in [5, 5.41) is 9.25. The number of hydrogen-bond acceptors (Lipinski definition) is 1. The van der Waals surface area contributed by atoms with Gasteiger partial charge in [-0.1, -0.05) is 36.4 Å². The van der Waals surface area contributed by atoms with Crippen LogP contribution >= 0.6 is 0 Å². The Balaban J connectivity index is 2.26. The molecule has 0 bridgehead atoms. The minimum atomic E-state index is -0.304. The predicted molar refractivity (Wildman–Crippen MR) is 69.6 cm³/mol. The summed E-state index contributed by atoms with van der Waals surface area (Å²) in [5.74, 6) is -0.598. The van der Waals surface area contributed by atoms with E-state index in [1.165, 1.54) is 12.1 Å². The van der Waals surface area contributed by atoms with Gasteiger partial charge < -0.3 is 0 Å². The second-order valence-electron chi connectivity index (χ2n) is 4.37. The van der Waals surface area contributed by atoms with Crippen LogP contribution in [0.25, 0.3) is 0 Å². The summed E-state index contributed by atoms with van der Waals surface area (Å²) in [6.45, 7) is 2.02. The summed E-state index contributed by atoms with van der Waals surface area (Å²) in [5.41, 5.74) is 3.03. The van der Waals surface area contributed by atoms with Gasteiger partial charge in [0.1, 0.15) is 5.82 Å². The normalized spacial score (nSPS) is 11.8. The van der Waals surface area contributed by atoms with E-state index in [0.29, 0.717) is 6.42 Å². The average molecular weight is 239 g/mol. The zero-order chi connectivity index (χ0) is 13.0. The molecule has 0 fully saturated rings. The van der Waals surface area contributed by atoms with Crippen LogP contribution in [0.5, 0.6) is 0 Å². The molecule has 2 heteroatoms. The SMILES string of the molecule is Cc1ccccc1CC(C#N)c1cccc(F)c1. The number of rotatable bonds is 3. The molecule has 0 saturated heterocycles. The van der Waals surface area contributed by atoms with Gasteiger partial charge >= 0.3 is 0 Å². The molecule has 90 valence electrons. The highest BCUT2D eigenvalue weighted by molar-refractivity contribution is 5.32. The maximum Gasteiger partial charge on any atom is 0.123 e. The Bertz CT molecular complexity index is 584. The number of nitriles is 1. The Morgan fingerprint density at radius 1 is 1.17 bits per heavy atom. The fraction of sp³-hybridized carbons (Fsp3) is 0.188. The standard InChI is InChI=1S/C16H14FN/c1-12-5-2-3-6-13(12)9-15(11-18)14-7-4-8-16(17)10-14/h2-8,10,15H,9H2,1H3. The Hall–Kier alpha value is -2.14. The number of hydrogen-bond donors (Lipinski definition) is 0. The molecule has 1 atom stereocenters. The van der Waals surface area contributed by atoms with Gasteiger partial charge in [-0.25, -0.2) is 4.39 Å². The topological polar surface area (TPSA) is 23.8 Å². The molecular weight excluding hydrogens is 225 g/mol. The Kier molecular flexibility index (Phi) is 3.74. The van der Waals surface area contributed by atoms with Gasteiger partial charge in [-0.2, -0.15) is 5.26 Å². The van der Waals surface area contributed by atoms with Crippen LogP contribution < -0.4 is 0 Å². The minimum Gasteiger partial charge on any atom is -0.207 e. The van der Waals surface area contributed by atoms with E-state index in [4.69, 9.17) is 0 Å². The molecule has 0 aliphatic rings. The first-order valence-corrected chi connectivity index (χ1v) is 5.90. The van der Waals surface area contributed by atoms with Crippen LogP contribution in [0.2, 0.25) is 0 Å². The molecule has 2 aromatic rings. The van der Waals surface area contributed by atoms with Gasteiger partial charge in [0.15, 0.2) is 0 Å². The zero-order valence-corrected chi connectivity index (χ0v) is 10.2. The number of aryl methyl sites for hydroxylation is 1. The van der Waals surface area contributed by atoms with Crippen molar-refractivity contribution in [3.63, 3.8) is 0 Å². The second-order valence-corrected chi connectivity index (χ2v) is 4.37. The summed E-state index contributed by atoms with van der Waals surface area (Å²) in [6.07, 6.45) is 0.618. The third-order valence-corrected chi connectivity index (χ3v) is 3.09. The fourth-order valence-electron chi connectivity index (χ4n) is 2.02. The quantitative estimate of drug-likeness (QED) is 0.794. The predicted octanol–water partition coefficient (Wildman–Crippen LogP) is 3.98. The summed E-state index contributed by atoms with van der Waals surface area (Å²) in [6, 6.07) is 16.5. The Labute approximate surface area is 107 Å². The van der Waals surface area contributed by atoms with Crippen molar-refractivity contribution in [2.24, 2.45) is 0 Å². The van der Waals surface area contributed by atoms with E-state index >= 15 is 0 Å². The molecule has 2 aromatic carbocycles. The largest absolute Gasteiger partial charge is 0.207 e. The highest BCUT2D eigenvalue weighted by Crippen LogP contribution is 2.22. The van der Waals surface area contributed by atoms with Gasteiger partial charge in [-0.05, 0) is 42.2 Å². The van der Waals surface area contributed by atoms with Crippen LogP contribution in [-0.2, 0) is 6.42 Å². The van der Waals surface area contributed by atoms with Crippen LogP contribution in [0.4, 0.5) is 4.39 Å². The van der Waals surface area contributed by atoms with Crippen molar-refractivity contribution in [3.8, 4) is 6.07 Å². The van der Waals surface area contributed by atoms with Gasteiger partial charge in [-0.3, -0.25) is 0 Å². The van der Waals surface area contributed by atoms with Crippen LogP contribution in [-0.4, -0.2) is 0 Å². The van der Waals surface area contributed by atoms with Crippen molar-refractivity contribution in [2.75, 3.05) is 0 Å². The molecule has 1 unspecified atom stereocenters. The van der Waals surface area contributed by atoms with Gasteiger partial charge in [0.2, 0.25) is 0 Å². The Morgan fingerprint density at radius 3 is 2.61 bits per heavy atom. The van der Waals surface area contributed by atoms with Gasteiger partial charge in [0, 0.05) is 0 Å². The highest BCUT2D eigenvalue weighted by Gasteiger charge is 2.13. The van der Waals surface area contributed by atoms with Crippen molar-refractivity contribution in [3.05, 3.63) is 71.0 Å². The van der Waals surface area contributed by atoms with E-state index in [1.807, 2.05) is 31.2 Å². The van der Waals surface area contributed by atoms with Gasteiger partial charge in [-0.15, -0.1) is 0 Å². The van der Waals surface area contributed by atoms with E-state index < -0.39 is 0 Å². The van der Waals surface area contributed by atoms with Crippen molar-refractivity contribution in [1.82, 2.24) is 0 Å². The second kappa shape index (κ2) is 5.46. The summed E-state index contributed by atoms with van der Waals surface area (Å²) in [4.78, 5) is 0. The zero-order valence-electron chi connectivity index (χ0n) is 10.2. The van der Waals surface area contributed by atoms with Crippen LogP contribution in [0, 0.1) is 24.1 Å². The van der Waals surface area contributed by atoms with E-state index in [1.54, 1.807) is 12.1 Å². The fourth-order valence-corrected chi connectivity index (χ4v) is 2.02. The molecule has 0 aliphatic heterocycles. The lowest BCUT2D eigenvalue weighted by Crippen LogP contribution is -2.02. The van der Waals surface area contributed by atoms with Gasteiger partial charge in [0.05, 0.1) is 12.0 Å².